The number of carbonyl (C=O) groups is 1. The molecule has 0 unspecified atom stereocenters. The Hall–Kier alpha value is -2.18. The van der Waals surface area contributed by atoms with Crippen LogP contribution in [0.5, 0.6) is 0 Å². The SMILES string of the molecule is Cc1cc(Cl)cc2sc(N(CCN(C)C)C(=O)c3ccc4ccccc4c3)nc12.Cl. The number of nitrogens with zero attached hydrogens (tertiary/aromatic N) is 3. The van der Waals surface area contributed by atoms with Gasteiger partial charge in [-0.05, 0) is 61.6 Å². The monoisotopic (exact) mass is 459 g/mol. The van der Waals surface area contributed by atoms with E-state index in [-0.39, 0.29) is 18.3 Å². The summed E-state index contributed by atoms with van der Waals surface area (Å²) in [6.07, 6.45) is 0. The first-order valence-corrected chi connectivity index (χ1v) is 10.6. The van der Waals surface area contributed by atoms with Crippen LogP contribution in [0.25, 0.3) is 21.0 Å². The maximum Gasteiger partial charge on any atom is 0.260 e. The minimum absolute atomic E-state index is 0. The summed E-state index contributed by atoms with van der Waals surface area (Å²) in [5, 5.41) is 3.56. The van der Waals surface area contributed by atoms with Crippen LogP contribution < -0.4 is 4.90 Å². The average molecular weight is 460 g/mol. The van der Waals surface area contributed by atoms with Gasteiger partial charge in [-0.3, -0.25) is 9.69 Å². The zero-order valence-corrected chi connectivity index (χ0v) is 19.4. The topological polar surface area (TPSA) is 36.4 Å². The number of benzene rings is 3. The van der Waals surface area contributed by atoms with Crippen LogP contribution in [-0.2, 0) is 0 Å². The molecule has 1 heterocycles. The fourth-order valence-electron chi connectivity index (χ4n) is 3.32. The van der Waals surface area contributed by atoms with E-state index < -0.39 is 0 Å². The highest BCUT2D eigenvalue weighted by Crippen LogP contribution is 2.33. The molecule has 0 N–H and O–H groups in total. The molecule has 0 spiro atoms. The predicted molar refractivity (Wildman–Crippen MR) is 131 cm³/mol. The van der Waals surface area contributed by atoms with Gasteiger partial charge in [-0.1, -0.05) is 53.3 Å². The number of likely N-dealkylation sites (N-methyl/N-ethyl adjacent to an activating group) is 1. The number of halogens is 2. The number of rotatable bonds is 5. The molecule has 1 amide bonds. The Kier molecular flexibility index (Phi) is 6.98. The fraction of sp³-hybridized carbons (Fsp3) is 0.217. The van der Waals surface area contributed by atoms with Gasteiger partial charge in [0, 0.05) is 23.7 Å². The Bertz CT molecular complexity index is 1210. The molecule has 0 aliphatic heterocycles. The summed E-state index contributed by atoms with van der Waals surface area (Å²) in [6.45, 7) is 3.30. The second-order valence-corrected chi connectivity index (χ2v) is 8.83. The molecular formula is C23H23Cl2N3OS. The third-order valence-electron chi connectivity index (χ3n) is 4.88. The first-order chi connectivity index (χ1) is 13.9. The lowest BCUT2D eigenvalue weighted by Gasteiger charge is -2.22. The summed E-state index contributed by atoms with van der Waals surface area (Å²) in [5.41, 5.74) is 2.58. The molecule has 4 aromatic rings. The fourth-order valence-corrected chi connectivity index (χ4v) is 4.77. The van der Waals surface area contributed by atoms with E-state index in [1.165, 1.54) is 11.3 Å². The Labute approximate surface area is 191 Å². The molecule has 0 aliphatic rings. The zero-order chi connectivity index (χ0) is 20.5. The molecule has 0 aliphatic carbocycles. The van der Waals surface area contributed by atoms with Crippen LogP contribution in [-0.4, -0.2) is 43.0 Å². The number of fused-ring (bicyclic) bond motifs is 2. The van der Waals surface area contributed by atoms with Gasteiger partial charge in [-0.25, -0.2) is 4.98 Å². The molecule has 3 aromatic carbocycles. The molecule has 4 nitrogen and oxygen atoms in total. The summed E-state index contributed by atoms with van der Waals surface area (Å²) >= 11 is 7.72. The van der Waals surface area contributed by atoms with E-state index in [2.05, 4.69) is 4.90 Å². The van der Waals surface area contributed by atoms with Crippen molar-refractivity contribution in [2.24, 2.45) is 0 Å². The number of thiazole rings is 1. The number of anilines is 1. The van der Waals surface area contributed by atoms with Crippen molar-refractivity contribution in [3.8, 4) is 0 Å². The Morgan fingerprint density at radius 1 is 1.03 bits per heavy atom. The third-order valence-corrected chi connectivity index (χ3v) is 6.13. The number of hydrogen-bond donors (Lipinski definition) is 0. The molecule has 0 atom stereocenters. The summed E-state index contributed by atoms with van der Waals surface area (Å²) in [4.78, 5) is 22.1. The van der Waals surface area contributed by atoms with Crippen LogP contribution in [0.3, 0.4) is 0 Å². The number of aryl methyl sites for hydroxylation is 1. The molecule has 0 fully saturated rings. The van der Waals surface area contributed by atoms with Crippen LogP contribution in [0, 0.1) is 6.92 Å². The van der Waals surface area contributed by atoms with E-state index in [1.807, 2.05) is 75.6 Å². The van der Waals surface area contributed by atoms with Gasteiger partial charge < -0.3 is 4.90 Å². The quantitative estimate of drug-likeness (QED) is 0.364. The standard InChI is InChI=1S/C23H22ClN3OS.ClH/c1-15-12-19(24)14-20-21(15)25-23(29-20)27(11-10-26(2)3)22(28)18-9-8-16-6-4-5-7-17(16)13-18;/h4-9,12-14H,10-11H2,1-3H3;1H. The van der Waals surface area contributed by atoms with Crippen molar-refractivity contribution < 1.29 is 4.79 Å². The number of hydrogen-bond acceptors (Lipinski definition) is 4. The third kappa shape index (κ3) is 4.60. The van der Waals surface area contributed by atoms with Crippen molar-refractivity contribution >= 4 is 67.4 Å². The number of amides is 1. The molecule has 0 saturated heterocycles. The molecule has 7 heteroatoms. The minimum atomic E-state index is -0.0413. The maximum absolute atomic E-state index is 13.5. The Balaban J connectivity index is 0.00000256. The molecule has 0 bridgehead atoms. The van der Waals surface area contributed by atoms with Crippen LogP contribution in [0.1, 0.15) is 15.9 Å². The maximum atomic E-state index is 13.5. The second-order valence-electron chi connectivity index (χ2n) is 7.39. The van der Waals surface area contributed by atoms with Crippen molar-refractivity contribution in [3.63, 3.8) is 0 Å². The van der Waals surface area contributed by atoms with Gasteiger partial charge in [0.2, 0.25) is 0 Å². The van der Waals surface area contributed by atoms with Gasteiger partial charge in [0.15, 0.2) is 5.13 Å². The molecule has 0 radical (unpaired) electrons. The van der Waals surface area contributed by atoms with Crippen molar-refractivity contribution in [2.45, 2.75) is 6.92 Å². The summed E-state index contributed by atoms with van der Waals surface area (Å²) < 4.78 is 0.992. The average Bonchev–Trinajstić information content (AvgIpc) is 3.11. The van der Waals surface area contributed by atoms with Crippen molar-refractivity contribution in [3.05, 3.63) is 70.7 Å². The smallest absolute Gasteiger partial charge is 0.260 e. The van der Waals surface area contributed by atoms with Gasteiger partial charge in [0.1, 0.15) is 0 Å². The van der Waals surface area contributed by atoms with Crippen LogP contribution in [0.4, 0.5) is 5.13 Å². The van der Waals surface area contributed by atoms with E-state index in [4.69, 9.17) is 16.6 Å². The van der Waals surface area contributed by atoms with Gasteiger partial charge in [-0.15, -0.1) is 12.4 Å². The first-order valence-electron chi connectivity index (χ1n) is 9.44. The lowest BCUT2D eigenvalue weighted by Crippen LogP contribution is -2.36. The number of aromatic nitrogens is 1. The van der Waals surface area contributed by atoms with Gasteiger partial charge in [0.25, 0.3) is 5.91 Å². The molecule has 0 saturated carbocycles. The number of carbonyl (C=O) groups excluding carboxylic acids is 1. The van der Waals surface area contributed by atoms with Crippen LogP contribution >= 0.6 is 35.3 Å². The molecule has 1 aromatic heterocycles. The van der Waals surface area contributed by atoms with Gasteiger partial charge in [0.05, 0.1) is 10.2 Å². The summed E-state index contributed by atoms with van der Waals surface area (Å²) in [6, 6.07) is 17.7. The van der Waals surface area contributed by atoms with Crippen molar-refractivity contribution in [1.29, 1.82) is 0 Å². The highest BCUT2D eigenvalue weighted by atomic mass is 35.5. The highest BCUT2D eigenvalue weighted by Gasteiger charge is 2.22. The summed E-state index contributed by atoms with van der Waals surface area (Å²) in [5.74, 6) is -0.0413. The van der Waals surface area contributed by atoms with E-state index in [9.17, 15) is 4.79 Å². The Morgan fingerprint density at radius 3 is 2.50 bits per heavy atom. The van der Waals surface area contributed by atoms with Crippen molar-refractivity contribution in [1.82, 2.24) is 9.88 Å². The molecule has 156 valence electrons. The van der Waals surface area contributed by atoms with Crippen molar-refractivity contribution in [2.75, 3.05) is 32.1 Å². The van der Waals surface area contributed by atoms with E-state index in [1.54, 1.807) is 4.90 Å². The van der Waals surface area contributed by atoms with Crippen LogP contribution in [0.15, 0.2) is 54.6 Å². The van der Waals surface area contributed by atoms with Gasteiger partial charge >= 0.3 is 0 Å². The molecule has 4 rings (SSSR count). The second kappa shape index (κ2) is 9.31. The minimum Gasteiger partial charge on any atom is -0.308 e. The predicted octanol–water partition coefficient (Wildman–Crippen LogP) is 6.04. The lowest BCUT2D eigenvalue weighted by atomic mass is 10.1. The highest BCUT2D eigenvalue weighted by molar-refractivity contribution is 7.22. The first kappa shape index (κ1) is 22.5. The lowest BCUT2D eigenvalue weighted by molar-refractivity contribution is 0.0985. The zero-order valence-electron chi connectivity index (χ0n) is 17.1. The molecular weight excluding hydrogens is 437 g/mol. The van der Waals surface area contributed by atoms with Gasteiger partial charge in [-0.2, -0.15) is 0 Å². The van der Waals surface area contributed by atoms with E-state index in [0.717, 1.165) is 33.1 Å². The summed E-state index contributed by atoms with van der Waals surface area (Å²) in [7, 11) is 4.00. The Morgan fingerprint density at radius 2 is 1.77 bits per heavy atom. The van der Waals surface area contributed by atoms with Crippen LogP contribution in [0.2, 0.25) is 5.02 Å². The van der Waals surface area contributed by atoms with E-state index in [0.29, 0.717) is 22.3 Å². The largest absolute Gasteiger partial charge is 0.308 e. The molecule has 30 heavy (non-hydrogen) atoms. The normalized spacial score (nSPS) is 11.1. The van der Waals surface area contributed by atoms with E-state index >= 15 is 0 Å².